The third kappa shape index (κ3) is 5.45. The lowest BCUT2D eigenvalue weighted by atomic mass is 10.2. The van der Waals surface area contributed by atoms with Crippen molar-refractivity contribution < 1.29 is 17.9 Å². The van der Waals surface area contributed by atoms with E-state index in [9.17, 15) is 13.2 Å². The van der Waals surface area contributed by atoms with E-state index in [0.29, 0.717) is 12.2 Å². The summed E-state index contributed by atoms with van der Waals surface area (Å²) in [5.74, 6) is 1.05. The lowest BCUT2D eigenvalue weighted by molar-refractivity contribution is 0.0947. The lowest BCUT2D eigenvalue weighted by Crippen LogP contribution is -2.25. The molecule has 6 heteroatoms. The third-order valence-electron chi connectivity index (χ3n) is 4.29. The summed E-state index contributed by atoms with van der Waals surface area (Å²) in [6, 6.07) is 23.2. The van der Waals surface area contributed by atoms with Crippen molar-refractivity contribution in [2.45, 2.75) is 24.8 Å². The fraction of sp³-hybridized carbons (Fsp3) is 0.174. The van der Waals surface area contributed by atoms with Crippen LogP contribution in [-0.2, 0) is 16.4 Å². The van der Waals surface area contributed by atoms with Crippen molar-refractivity contribution in [3.05, 3.63) is 90.0 Å². The van der Waals surface area contributed by atoms with Gasteiger partial charge in [-0.2, -0.15) is 0 Å². The molecule has 0 saturated carbocycles. The predicted molar refractivity (Wildman–Crippen MR) is 113 cm³/mol. The Morgan fingerprint density at radius 1 is 0.862 bits per heavy atom. The Morgan fingerprint density at radius 3 is 2.17 bits per heavy atom. The van der Waals surface area contributed by atoms with Gasteiger partial charge in [-0.1, -0.05) is 49.4 Å². The molecule has 0 fully saturated rings. The summed E-state index contributed by atoms with van der Waals surface area (Å²) in [5, 5.41) is 2.79. The summed E-state index contributed by atoms with van der Waals surface area (Å²) in [4.78, 5) is 12.7. The molecule has 0 bridgehead atoms. The zero-order valence-corrected chi connectivity index (χ0v) is 17.0. The quantitative estimate of drug-likeness (QED) is 0.590. The summed E-state index contributed by atoms with van der Waals surface area (Å²) in [7, 11) is -3.48. The smallest absolute Gasteiger partial charge is 0.252 e. The van der Waals surface area contributed by atoms with Crippen LogP contribution in [0.1, 0.15) is 29.3 Å². The molecule has 1 N–H and O–H groups in total. The Hall–Kier alpha value is -3.12. The molecule has 3 aromatic rings. The first-order chi connectivity index (χ1) is 14.0. The minimum absolute atomic E-state index is 0.0141. The highest BCUT2D eigenvalue weighted by Gasteiger charge is 2.21. The Labute approximate surface area is 171 Å². The molecular formula is C23H23NO4S. The molecule has 0 aliphatic rings. The van der Waals surface area contributed by atoms with Crippen molar-refractivity contribution in [1.82, 2.24) is 5.32 Å². The van der Waals surface area contributed by atoms with Crippen molar-refractivity contribution in [2.24, 2.45) is 0 Å². The largest absolute Gasteiger partial charge is 0.457 e. The third-order valence-corrected chi connectivity index (χ3v) is 6.27. The molecule has 3 rings (SSSR count). The summed E-state index contributed by atoms with van der Waals surface area (Å²) in [5.41, 5.74) is 1.05. The maximum absolute atomic E-state index is 12.6. The summed E-state index contributed by atoms with van der Waals surface area (Å²) in [6.45, 7) is 2.08. The van der Waals surface area contributed by atoms with Gasteiger partial charge in [0, 0.05) is 6.54 Å². The monoisotopic (exact) mass is 409 g/mol. The number of amides is 1. The average molecular weight is 410 g/mol. The Kier molecular flexibility index (Phi) is 6.67. The van der Waals surface area contributed by atoms with Crippen LogP contribution in [-0.4, -0.2) is 20.1 Å². The minimum Gasteiger partial charge on any atom is -0.457 e. The van der Waals surface area contributed by atoms with E-state index in [-0.39, 0.29) is 22.8 Å². The van der Waals surface area contributed by atoms with Gasteiger partial charge in [0.15, 0.2) is 9.84 Å². The van der Waals surface area contributed by atoms with Gasteiger partial charge in [-0.3, -0.25) is 4.79 Å². The normalized spacial score (nSPS) is 11.1. The van der Waals surface area contributed by atoms with Crippen LogP contribution in [0.4, 0.5) is 0 Å². The van der Waals surface area contributed by atoms with E-state index < -0.39 is 15.7 Å². The standard InChI is InChI=1S/C23H23NO4S/c1-2-16-29(26,27)22-11-7-6-10-21(22)23(25)24-17-18-12-14-20(15-13-18)28-19-8-4-3-5-9-19/h3-15H,2,16-17H2,1H3,(H,24,25). The summed E-state index contributed by atoms with van der Waals surface area (Å²) < 4.78 is 30.6. The highest BCUT2D eigenvalue weighted by molar-refractivity contribution is 7.91. The van der Waals surface area contributed by atoms with Crippen LogP contribution < -0.4 is 10.1 Å². The molecule has 0 spiro atoms. The van der Waals surface area contributed by atoms with Crippen LogP contribution in [0.3, 0.4) is 0 Å². The van der Waals surface area contributed by atoms with E-state index >= 15 is 0 Å². The highest BCUT2D eigenvalue weighted by atomic mass is 32.2. The van der Waals surface area contributed by atoms with Gasteiger partial charge in [-0.25, -0.2) is 8.42 Å². The Bertz CT molecular complexity index is 1060. The minimum atomic E-state index is -3.48. The van der Waals surface area contributed by atoms with Crippen LogP contribution in [0.25, 0.3) is 0 Å². The van der Waals surface area contributed by atoms with Gasteiger partial charge in [0.1, 0.15) is 11.5 Å². The number of para-hydroxylation sites is 1. The first-order valence-corrected chi connectivity index (χ1v) is 11.1. The number of hydrogen-bond acceptors (Lipinski definition) is 4. The number of ether oxygens (including phenoxy) is 1. The summed E-state index contributed by atoms with van der Waals surface area (Å²) >= 11 is 0. The van der Waals surface area contributed by atoms with E-state index in [1.54, 1.807) is 19.1 Å². The van der Waals surface area contributed by atoms with Gasteiger partial charge in [0.25, 0.3) is 5.91 Å². The molecule has 0 heterocycles. The van der Waals surface area contributed by atoms with E-state index in [1.807, 2.05) is 54.6 Å². The van der Waals surface area contributed by atoms with Crippen LogP contribution in [0, 0.1) is 0 Å². The molecule has 150 valence electrons. The number of sulfone groups is 1. The fourth-order valence-corrected chi connectivity index (χ4v) is 4.42. The number of carbonyl (C=O) groups is 1. The van der Waals surface area contributed by atoms with E-state index in [0.717, 1.165) is 11.3 Å². The molecule has 0 aliphatic heterocycles. The Morgan fingerprint density at radius 2 is 1.48 bits per heavy atom. The fourth-order valence-electron chi connectivity index (χ4n) is 2.88. The van der Waals surface area contributed by atoms with Crippen molar-refractivity contribution in [3.8, 4) is 11.5 Å². The van der Waals surface area contributed by atoms with Gasteiger partial charge in [-0.05, 0) is 48.4 Å². The van der Waals surface area contributed by atoms with Gasteiger partial charge in [0.05, 0.1) is 16.2 Å². The Balaban J connectivity index is 1.66. The van der Waals surface area contributed by atoms with E-state index in [4.69, 9.17) is 4.74 Å². The molecule has 1 amide bonds. The van der Waals surface area contributed by atoms with Crippen molar-refractivity contribution in [3.63, 3.8) is 0 Å². The van der Waals surface area contributed by atoms with Crippen LogP contribution in [0.2, 0.25) is 0 Å². The topological polar surface area (TPSA) is 72.5 Å². The van der Waals surface area contributed by atoms with Crippen LogP contribution >= 0.6 is 0 Å². The first-order valence-electron chi connectivity index (χ1n) is 9.41. The van der Waals surface area contributed by atoms with Crippen molar-refractivity contribution >= 4 is 15.7 Å². The number of benzene rings is 3. The van der Waals surface area contributed by atoms with Gasteiger partial charge in [-0.15, -0.1) is 0 Å². The SMILES string of the molecule is CCCS(=O)(=O)c1ccccc1C(=O)NCc1ccc(Oc2ccccc2)cc1. The zero-order valence-electron chi connectivity index (χ0n) is 16.2. The highest BCUT2D eigenvalue weighted by Crippen LogP contribution is 2.21. The first kappa shape index (κ1) is 20.6. The lowest BCUT2D eigenvalue weighted by Gasteiger charge is -2.11. The molecule has 0 radical (unpaired) electrons. The number of hydrogen-bond donors (Lipinski definition) is 1. The molecule has 0 unspecified atom stereocenters. The van der Waals surface area contributed by atoms with E-state index in [1.165, 1.54) is 12.1 Å². The van der Waals surface area contributed by atoms with E-state index in [2.05, 4.69) is 5.32 Å². The van der Waals surface area contributed by atoms with Gasteiger partial charge in [0.2, 0.25) is 0 Å². The second kappa shape index (κ2) is 9.39. The molecule has 0 saturated heterocycles. The van der Waals surface area contributed by atoms with Crippen LogP contribution in [0.15, 0.2) is 83.8 Å². The predicted octanol–water partition coefficient (Wildman–Crippen LogP) is 4.59. The molecule has 29 heavy (non-hydrogen) atoms. The number of rotatable bonds is 8. The maximum atomic E-state index is 12.6. The molecule has 5 nitrogen and oxygen atoms in total. The van der Waals surface area contributed by atoms with Crippen LogP contribution in [0.5, 0.6) is 11.5 Å². The molecule has 3 aromatic carbocycles. The zero-order chi connectivity index (χ0) is 20.7. The molecule has 0 atom stereocenters. The molecule has 0 aromatic heterocycles. The summed E-state index contributed by atoms with van der Waals surface area (Å²) in [6.07, 6.45) is 0.496. The van der Waals surface area contributed by atoms with Gasteiger partial charge < -0.3 is 10.1 Å². The number of nitrogens with one attached hydrogen (secondary N) is 1. The van der Waals surface area contributed by atoms with Crippen molar-refractivity contribution in [2.75, 3.05) is 5.75 Å². The number of carbonyl (C=O) groups excluding carboxylic acids is 1. The second-order valence-electron chi connectivity index (χ2n) is 6.56. The van der Waals surface area contributed by atoms with Crippen molar-refractivity contribution in [1.29, 1.82) is 0 Å². The second-order valence-corrected chi connectivity index (χ2v) is 8.63. The maximum Gasteiger partial charge on any atom is 0.252 e. The molecular weight excluding hydrogens is 386 g/mol. The van der Waals surface area contributed by atoms with Gasteiger partial charge >= 0.3 is 0 Å². The molecule has 0 aliphatic carbocycles. The average Bonchev–Trinajstić information content (AvgIpc) is 2.74.